The Kier molecular flexibility index (Phi) is 5.03. The van der Waals surface area contributed by atoms with Crippen molar-refractivity contribution >= 4 is 22.6 Å². The van der Waals surface area contributed by atoms with Gasteiger partial charge >= 0.3 is 0 Å². The first kappa shape index (κ1) is 18.3. The van der Waals surface area contributed by atoms with Gasteiger partial charge in [0.05, 0.1) is 5.39 Å². The van der Waals surface area contributed by atoms with Crippen LogP contribution in [0.1, 0.15) is 38.9 Å². The van der Waals surface area contributed by atoms with Gasteiger partial charge in [-0.1, -0.05) is 30.3 Å². The Morgan fingerprint density at radius 1 is 0.963 bits per heavy atom. The van der Waals surface area contributed by atoms with Crippen molar-refractivity contribution in [1.82, 2.24) is 20.6 Å². The third kappa shape index (κ3) is 3.44. The molecule has 0 bridgehead atoms. The lowest BCUT2D eigenvalue weighted by Gasteiger charge is -2.12. The summed E-state index contributed by atoms with van der Waals surface area (Å²) in [6, 6.07) is 12.1. The van der Waals surface area contributed by atoms with Gasteiger partial charge in [-0.05, 0) is 44.0 Å². The van der Waals surface area contributed by atoms with E-state index in [0.717, 1.165) is 11.1 Å². The van der Waals surface area contributed by atoms with E-state index in [2.05, 4.69) is 16.0 Å². The molecule has 0 aliphatic carbocycles. The van der Waals surface area contributed by atoms with E-state index in [1.165, 1.54) is 4.68 Å². The number of hydrazine groups is 1. The maximum Gasteiger partial charge on any atom is 0.290 e. The molecule has 0 unspecified atom stereocenters. The Balaban J connectivity index is 1.89. The summed E-state index contributed by atoms with van der Waals surface area (Å²) in [5, 5.41) is 4.98. The fourth-order valence-corrected chi connectivity index (χ4v) is 2.85. The van der Waals surface area contributed by atoms with Gasteiger partial charge in [0.1, 0.15) is 0 Å². The maximum absolute atomic E-state index is 12.6. The summed E-state index contributed by atoms with van der Waals surface area (Å²) in [5.41, 5.74) is 6.93. The van der Waals surface area contributed by atoms with Crippen molar-refractivity contribution in [2.75, 3.05) is 0 Å². The zero-order valence-electron chi connectivity index (χ0n) is 15.4. The van der Waals surface area contributed by atoms with E-state index in [9.17, 15) is 14.4 Å². The first-order valence-corrected chi connectivity index (χ1v) is 8.60. The van der Waals surface area contributed by atoms with Crippen molar-refractivity contribution in [3.05, 3.63) is 75.2 Å². The molecule has 2 aromatic carbocycles. The van der Waals surface area contributed by atoms with Crippen molar-refractivity contribution < 1.29 is 9.59 Å². The molecule has 0 saturated heterocycles. The molecule has 0 saturated carbocycles. The molecular formula is C20H20N4O3. The molecule has 0 aliphatic rings. The zero-order valence-corrected chi connectivity index (χ0v) is 15.4. The molecule has 0 radical (unpaired) electrons. The van der Waals surface area contributed by atoms with Gasteiger partial charge in [-0.3, -0.25) is 25.2 Å². The van der Waals surface area contributed by atoms with E-state index in [0.29, 0.717) is 22.9 Å². The Bertz CT molecular complexity index is 1100. The van der Waals surface area contributed by atoms with E-state index in [1.807, 2.05) is 19.9 Å². The quantitative estimate of drug-likeness (QED) is 0.696. The molecule has 27 heavy (non-hydrogen) atoms. The van der Waals surface area contributed by atoms with Crippen LogP contribution in [-0.2, 0) is 6.54 Å². The third-order valence-corrected chi connectivity index (χ3v) is 4.52. The average molecular weight is 364 g/mol. The van der Waals surface area contributed by atoms with Crippen LogP contribution < -0.4 is 16.4 Å². The van der Waals surface area contributed by atoms with Crippen LogP contribution >= 0.6 is 0 Å². The topological polar surface area (TPSA) is 93.1 Å². The number of rotatable bonds is 3. The predicted octanol–water partition coefficient (Wildman–Crippen LogP) is 2.11. The summed E-state index contributed by atoms with van der Waals surface area (Å²) in [6.07, 6.45) is 0. The fourth-order valence-electron chi connectivity index (χ4n) is 2.85. The molecule has 138 valence electrons. The first-order valence-electron chi connectivity index (χ1n) is 8.60. The second-order valence-electron chi connectivity index (χ2n) is 6.17. The molecule has 0 spiro atoms. The second kappa shape index (κ2) is 7.41. The molecule has 7 nitrogen and oxygen atoms in total. The number of nitrogens with zero attached hydrogens (tertiary/aromatic N) is 2. The fraction of sp³-hybridized carbons (Fsp3) is 0.200. The molecule has 1 heterocycles. The first-order chi connectivity index (χ1) is 12.9. The van der Waals surface area contributed by atoms with Crippen molar-refractivity contribution in [3.63, 3.8) is 0 Å². The lowest BCUT2D eigenvalue weighted by molar-refractivity contribution is 0.0843. The van der Waals surface area contributed by atoms with Crippen LogP contribution in [0.4, 0.5) is 0 Å². The normalized spacial score (nSPS) is 10.6. The summed E-state index contributed by atoms with van der Waals surface area (Å²) in [4.78, 5) is 37.4. The van der Waals surface area contributed by atoms with Crippen molar-refractivity contribution in [2.45, 2.75) is 27.3 Å². The highest BCUT2D eigenvalue weighted by molar-refractivity contribution is 6.06. The number of fused-ring (bicyclic) bond motifs is 1. The standard InChI is InChI=1S/C20H20N4O3/c1-4-24-20(27)16-10-6-5-9-15(16)17(23-24)19(26)22-21-18(25)14-11-7-8-12(2)13(14)3/h5-11H,4H2,1-3H3,(H,21,25)(H,22,26). The number of aryl methyl sites for hydroxylation is 2. The smallest absolute Gasteiger partial charge is 0.267 e. The van der Waals surface area contributed by atoms with Gasteiger partial charge in [0.25, 0.3) is 17.4 Å². The van der Waals surface area contributed by atoms with Crippen LogP contribution in [0.5, 0.6) is 0 Å². The largest absolute Gasteiger partial charge is 0.290 e. The van der Waals surface area contributed by atoms with Gasteiger partial charge in [-0.15, -0.1) is 0 Å². The molecule has 3 rings (SSSR count). The predicted molar refractivity (Wildman–Crippen MR) is 103 cm³/mol. The number of benzene rings is 2. The number of aromatic nitrogens is 2. The monoisotopic (exact) mass is 364 g/mol. The van der Waals surface area contributed by atoms with Crippen LogP contribution in [0.3, 0.4) is 0 Å². The molecule has 0 aliphatic heterocycles. The maximum atomic E-state index is 12.6. The highest BCUT2D eigenvalue weighted by atomic mass is 16.2. The lowest BCUT2D eigenvalue weighted by atomic mass is 10.0. The minimum Gasteiger partial charge on any atom is -0.267 e. The number of hydrogen-bond donors (Lipinski definition) is 2. The third-order valence-electron chi connectivity index (χ3n) is 4.52. The molecule has 2 amide bonds. The van der Waals surface area contributed by atoms with Crippen LogP contribution in [0.25, 0.3) is 10.8 Å². The van der Waals surface area contributed by atoms with Crippen molar-refractivity contribution in [1.29, 1.82) is 0 Å². The van der Waals surface area contributed by atoms with Crippen LogP contribution in [0.15, 0.2) is 47.3 Å². The minimum absolute atomic E-state index is 0.0771. The van der Waals surface area contributed by atoms with Crippen molar-refractivity contribution in [2.24, 2.45) is 0 Å². The molecule has 3 aromatic rings. The van der Waals surface area contributed by atoms with Gasteiger partial charge in [0, 0.05) is 17.5 Å². The van der Waals surface area contributed by atoms with Crippen LogP contribution in [-0.4, -0.2) is 21.6 Å². The summed E-state index contributed by atoms with van der Waals surface area (Å²) in [6.45, 7) is 5.86. The Morgan fingerprint density at radius 3 is 2.33 bits per heavy atom. The molecular weight excluding hydrogens is 344 g/mol. The SMILES string of the molecule is CCn1nc(C(=O)NNC(=O)c2cccc(C)c2C)c2ccccc2c1=O. The number of carbonyl (C=O) groups is 2. The number of carbonyl (C=O) groups excluding carboxylic acids is 2. The minimum atomic E-state index is -0.591. The summed E-state index contributed by atoms with van der Waals surface area (Å²) in [5.74, 6) is -1.01. The van der Waals surface area contributed by atoms with Crippen molar-refractivity contribution in [3.8, 4) is 0 Å². The van der Waals surface area contributed by atoms with Gasteiger partial charge in [0.2, 0.25) is 0 Å². The van der Waals surface area contributed by atoms with E-state index in [4.69, 9.17) is 0 Å². The number of hydrogen-bond acceptors (Lipinski definition) is 4. The van der Waals surface area contributed by atoms with E-state index in [-0.39, 0.29) is 11.3 Å². The Labute approximate surface area is 156 Å². The van der Waals surface area contributed by atoms with Crippen LogP contribution in [0, 0.1) is 13.8 Å². The van der Waals surface area contributed by atoms with E-state index >= 15 is 0 Å². The number of amides is 2. The van der Waals surface area contributed by atoms with Gasteiger partial charge in [-0.25, -0.2) is 4.68 Å². The lowest BCUT2D eigenvalue weighted by Crippen LogP contribution is -2.43. The second-order valence-corrected chi connectivity index (χ2v) is 6.17. The number of nitrogens with one attached hydrogen (secondary N) is 2. The molecule has 0 atom stereocenters. The molecule has 1 aromatic heterocycles. The Morgan fingerprint density at radius 2 is 1.63 bits per heavy atom. The van der Waals surface area contributed by atoms with Crippen LogP contribution in [0.2, 0.25) is 0 Å². The van der Waals surface area contributed by atoms with E-state index < -0.39 is 11.8 Å². The summed E-state index contributed by atoms with van der Waals surface area (Å²) in [7, 11) is 0. The van der Waals surface area contributed by atoms with Gasteiger partial charge in [0.15, 0.2) is 5.69 Å². The average Bonchev–Trinajstić information content (AvgIpc) is 2.68. The molecule has 0 fully saturated rings. The Hall–Kier alpha value is -3.48. The molecule has 7 heteroatoms. The zero-order chi connectivity index (χ0) is 19.6. The molecule has 2 N–H and O–H groups in total. The highest BCUT2D eigenvalue weighted by Gasteiger charge is 2.17. The summed E-state index contributed by atoms with van der Waals surface area (Å²) < 4.78 is 1.23. The highest BCUT2D eigenvalue weighted by Crippen LogP contribution is 2.14. The summed E-state index contributed by atoms with van der Waals surface area (Å²) >= 11 is 0. The van der Waals surface area contributed by atoms with E-state index in [1.54, 1.807) is 43.3 Å². The van der Waals surface area contributed by atoms with Gasteiger partial charge < -0.3 is 0 Å². The van der Waals surface area contributed by atoms with Gasteiger partial charge in [-0.2, -0.15) is 5.10 Å².